The zero-order valence-electron chi connectivity index (χ0n) is 34.8. The van der Waals surface area contributed by atoms with Crippen LogP contribution in [-0.4, -0.2) is 88.6 Å². The summed E-state index contributed by atoms with van der Waals surface area (Å²) >= 11 is 14.1. The third-order valence-electron chi connectivity index (χ3n) is 10.5. The maximum Gasteiger partial charge on any atom is 0.252 e. The zero-order chi connectivity index (χ0) is 43.8. The van der Waals surface area contributed by atoms with Crippen molar-refractivity contribution in [2.24, 2.45) is 0 Å². The van der Waals surface area contributed by atoms with Crippen LogP contribution in [-0.2, 0) is 33.1 Å². The van der Waals surface area contributed by atoms with E-state index in [1.54, 1.807) is 81.4 Å². The molecule has 2 aliphatic rings. The van der Waals surface area contributed by atoms with E-state index in [-0.39, 0.29) is 37.0 Å². The number of benzene rings is 2. The van der Waals surface area contributed by atoms with Crippen LogP contribution in [0.25, 0.3) is 0 Å². The van der Waals surface area contributed by atoms with E-state index in [0.717, 1.165) is 48.5 Å². The summed E-state index contributed by atoms with van der Waals surface area (Å²) in [6.07, 6.45) is 9.95. The lowest BCUT2D eigenvalue weighted by atomic mass is 10.2. The second-order valence-corrected chi connectivity index (χ2v) is 22.7. The van der Waals surface area contributed by atoms with Crippen molar-refractivity contribution in [2.75, 3.05) is 39.3 Å². The minimum Gasteiger partial charge on any atom is -0.347 e. The summed E-state index contributed by atoms with van der Waals surface area (Å²) in [5.41, 5.74) is 1.03. The molecule has 0 radical (unpaired) electrons. The first-order chi connectivity index (χ1) is 29.3. The maximum absolute atomic E-state index is 13.0. The fourth-order valence-electron chi connectivity index (χ4n) is 6.95. The highest BCUT2D eigenvalue weighted by atomic mass is 35.5. The summed E-state index contributed by atoms with van der Waals surface area (Å²) in [6.45, 7) is 8.89. The van der Waals surface area contributed by atoms with E-state index in [9.17, 15) is 26.4 Å². The van der Waals surface area contributed by atoms with Crippen LogP contribution in [0.1, 0.15) is 102 Å². The molecule has 2 aromatic carbocycles. The van der Waals surface area contributed by atoms with E-state index in [2.05, 4.69) is 35.1 Å². The van der Waals surface area contributed by atoms with Crippen LogP contribution in [0.5, 0.6) is 0 Å². The van der Waals surface area contributed by atoms with Gasteiger partial charge in [-0.3, -0.25) is 9.59 Å². The van der Waals surface area contributed by atoms with E-state index < -0.39 is 20.0 Å². The number of thiophene rings is 2. The molecule has 0 bridgehead atoms. The molecule has 334 valence electrons. The molecular weight excluding hydrogens is 896 g/mol. The lowest BCUT2D eigenvalue weighted by molar-refractivity contribution is 0.0943. The molecule has 18 heteroatoms. The van der Waals surface area contributed by atoms with Gasteiger partial charge in [0.25, 0.3) is 31.9 Å². The number of hydrogen-bond acceptors (Lipinski definition) is 10. The first kappa shape index (κ1) is 49.1. The summed E-state index contributed by atoms with van der Waals surface area (Å²) in [6, 6.07) is 20.5. The molecule has 61 heavy (non-hydrogen) atoms. The Balaban J connectivity index is 0.000000231. The smallest absolute Gasteiger partial charge is 0.252 e. The van der Waals surface area contributed by atoms with Crippen LogP contribution in [0.15, 0.2) is 81.2 Å². The predicted molar refractivity (Wildman–Crippen MR) is 248 cm³/mol. The first-order valence-corrected chi connectivity index (χ1v) is 26.3. The van der Waals surface area contributed by atoms with Gasteiger partial charge >= 0.3 is 0 Å². The first-order valence-electron chi connectivity index (χ1n) is 21.0. The fraction of sp³-hybridized carbons (Fsp3) is 0.488. The number of carbonyl (C=O) groups excluding carboxylic acids is 2. The van der Waals surface area contributed by atoms with Gasteiger partial charge in [0.05, 0.1) is 13.1 Å². The Morgan fingerprint density at radius 3 is 1.39 bits per heavy atom. The van der Waals surface area contributed by atoms with Gasteiger partial charge < -0.3 is 21.3 Å². The average Bonchev–Trinajstić information content (AvgIpc) is 4.10. The van der Waals surface area contributed by atoms with E-state index in [4.69, 9.17) is 23.2 Å². The van der Waals surface area contributed by atoms with Gasteiger partial charge in [-0.05, 0) is 112 Å². The number of rotatable bonds is 21. The highest BCUT2D eigenvalue weighted by Crippen LogP contribution is 2.29. The normalized spacial score (nSPS) is 17.2. The van der Waals surface area contributed by atoms with Gasteiger partial charge in [0, 0.05) is 69.2 Å². The van der Waals surface area contributed by atoms with Gasteiger partial charge in [-0.25, -0.2) is 16.8 Å². The predicted octanol–water partition coefficient (Wildman–Crippen LogP) is 8.14. The van der Waals surface area contributed by atoms with E-state index >= 15 is 0 Å². The summed E-state index contributed by atoms with van der Waals surface area (Å²) in [5, 5.41) is 13.7. The van der Waals surface area contributed by atoms with E-state index in [0.29, 0.717) is 55.8 Å². The summed E-state index contributed by atoms with van der Waals surface area (Å²) in [7, 11) is -7.00. The average molecular weight is 954 g/mol. The minimum absolute atomic E-state index is 0.217. The van der Waals surface area contributed by atoms with Gasteiger partial charge in [0.2, 0.25) is 0 Å². The molecule has 2 aliphatic heterocycles. The molecule has 4 N–H and O–H groups in total. The Hall–Kier alpha value is -2.90. The van der Waals surface area contributed by atoms with E-state index in [1.807, 2.05) is 0 Å². The van der Waals surface area contributed by atoms with Crippen molar-refractivity contribution < 1.29 is 26.4 Å². The quantitative estimate of drug-likeness (QED) is 0.0611. The molecule has 2 unspecified atom stereocenters. The largest absolute Gasteiger partial charge is 0.347 e. The molecule has 2 aromatic heterocycles. The third kappa shape index (κ3) is 14.8. The van der Waals surface area contributed by atoms with Crippen molar-refractivity contribution in [3.05, 3.63) is 104 Å². The van der Waals surface area contributed by atoms with Crippen LogP contribution < -0.4 is 21.3 Å². The van der Waals surface area contributed by atoms with Gasteiger partial charge in [-0.1, -0.05) is 69.2 Å². The van der Waals surface area contributed by atoms with Crippen molar-refractivity contribution in [3.8, 4) is 0 Å². The highest BCUT2D eigenvalue weighted by molar-refractivity contribution is 7.91. The number of nitrogens with one attached hydrogen (secondary N) is 4. The molecule has 2 amide bonds. The Morgan fingerprint density at radius 1 is 0.590 bits per heavy atom. The van der Waals surface area contributed by atoms with Crippen LogP contribution in [0.4, 0.5) is 0 Å². The number of carbonyl (C=O) groups is 2. The standard InChI is InChI=1S/C22H30ClN3O3S2.C21H28ClN3O3S2/c1-2-3-4-5-13-24-19-12-14-26(16-19)31(28,29)21-11-10-20(30-21)15-25-22(27)17-6-8-18(23)9-7-17;1-2-3-4-12-23-18-11-13-25(15-18)30(27,28)20-10-9-19(29-20)14-24-21(26)16-5-7-17(22)8-6-16/h6-11,19,24H,2-5,12-16H2,1H3,(H,25,27);5-10,18,23H,2-4,11-15H2,1H3,(H,24,26). The monoisotopic (exact) mass is 952 g/mol. The van der Waals surface area contributed by atoms with Gasteiger partial charge in [-0.15, -0.1) is 22.7 Å². The molecule has 0 spiro atoms. The number of amides is 2. The summed E-state index contributed by atoms with van der Waals surface area (Å²) in [4.78, 5) is 26.1. The SMILES string of the molecule is CCCCCCNC1CCN(S(=O)(=O)c2ccc(CNC(=O)c3ccc(Cl)cc3)s2)C1.CCCCCNC1CCN(S(=O)(=O)c2ccc(CNC(=O)c3ccc(Cl)cc3)s2)C1. The fourth-order valence-corrected chi connectivity index (χ4v) is 13.1. The Kier molecular flexibility index (Phi) is 19.5. The number of hydrogen-bond donors (Lipinski definition) is 4. The van der Waals surface area contributed by atoms with Crippen molar-refractivity contribution in [2.45, 2.75) is 105 Å². The molecule has 2 fully saturated rings. The van der Waals surface area contributed by atoms with Gasteiger partial charge in [0.15, 0.2) is 0 Å². The number of halogens is 2. The summed E-state index contributed by atoms with van der Waals surface area (Å²) in [5.74, 6) is -0.442. The third-order valence-corrected chi connectivity index (χ3v) is 17.8. The van der Waals surface area contributed by atoms with Crippen LogP contribution >= 0.6 is 45.9 Å². The Bertz CT molecular complexity index is 2220. The molecule has 6 rings (SSSR count). The lowest BCUT2D eigenvalue weighted by Gasteiger charge is -2.16. The van der Waals surface area contributed by atoms with Gasteiger partial charge in [-0.2, -0.15) is 8.61 Å². The zero-order valence-corrected chi connectivity index (χ0v) is 39.6. The Morgan fingerprint density at radius 2 is 0.984 bits per heavy atom. The molecule has 2 atom stereocenters. The minimum atomic E-state index is -3.50. The Labute approximate surface area is 379 Å². The second-order valence-electron chi connectivity index (χ2n) is 15.2. The number of unbranched alkanes of at least 4 members (excludes halogenated alkanes) is 5. The number of nitrogens with zero attached hydrogens (tertiary/aromatic N) is 2. The molecule has 0 saturated carbocycles. The molecule has 12 nitrogen and oxygen atoms in total. The maximum atomic E-state index is 13.0. The van der Waals surface area contributed by atoms with Crippen molar-refractivity contribution >= 4 is 77.7 Å². The van der Waals surface area contributed by atoms with Crippen molar-refractivity contribution in [1.82, 2.24) is 29.9 Å². The highest BCUT2D eigenvalue weighted by Gasteiger charge is 2.34. The topological polar surface area (TPSA) is 157 Å². The molecule has 4 aromatic rings. The molecule has 0 aliphatic carbocycles. The van der Waals surface area contributed by atoms with Crippen molar-refractivity contribution in [3.63, 3.8) is 0 Å². The van der Waals surface area contributed by atoms with Crippen LogP contribution in [0.2, 0.25) is 10.0 Å². The molecular formula is C43H58Cl2N6O6S4. The molecule has 4 heterocycles. The number of sulfonamides is 2. The lowest BCUT2D eigenvalue weighted by Crippen LogP contribution is -2.35. The van der Waals surface area contributed by atoms with Crippen LogP contribution in [0, 0.1) is 0 Å². The summed E-state index contributed by atoms with van der Waals surface area (Å²) < 4.78 is 55.7. The second kappa shape index (κ2) is 24.2. The van der Waals surface area contributed by atoms with Gasteiger partial charge in [0.1, 0.15) is 8.42 Å². The van der Waals surface area contributed by atoms with Crippen LogP contribution in [0.3, 0.4) is 0 Å². The van der Waals surface area contributed by atoms with Crippen molar-refractivity contribution in [1.29, 1.82) is 0 Å². The van der Waals surface area contributed by atoms with E-state index in [1.165, 1.54) is 54.8 Å². The molecule has 2 saturated heterocycles.